The molecular weight excluding hydrogens is 380 g/mol. The Labute approximate surface area is 180 Å². The van der Waals surface area contributed by atoms with Crippen molar-refractivity contribution in [3.8, 4) is 0 Å². The van der Waals surface area contributed by atoms with Gasteiger partial charge in [-0.15, -0.1) is 0 Å². The van der Waals surface area contributed by atoms with Crippen LogP contribution in [0.2, 0.25) is 0 Å². The second kappa shape index (κ2) is 10.1. The predicted octanol–water partition coefficient (Wildman–Crippen LogP) is 1.62. The minimum absolute atomic E-state index is 0.00824. The molecule has 30 heavy (non-hydrogen) atoms. The highest BCUT2D eigenvalue weighted by atomic mass is 16.2. The van der Waals surface area contributed by atoms with E-state index in [0.717, 1.165) is 90.6 Å². The molecule has 0 aromatic rings. The van der Waals surface area contributed by atoms with Gasteiger partial charge in [0.2, 0.25) is 17.7 Å². The number of carbonyl (C=O) groups is 3. The van der Waals surface area contributed by atoms with Gasteiger partial charge in [0, 0.05) is 57.6 Å². The van der Waals surface area contributed by atoms with Gasteiger partial charge in [-0.3, -0.25) is 19.3 Å². The highest BCUT2D eigenvalue weighted by Gasteiger charge is 2.37. The zero-order valence-corrected chi connectivity index (χ0v) is 18.3. The first-order valence-electron chi connectivity index (χ1n) is 12.2. The molecule has 168 valence electrons. The van der Waals surface area contributed by atoms with E-state index >= 15 is 0 Å². The summed E-state index contributed by atoms with van der Waals surface area (Å²) in [4.78, 5) is 44.3. The molecule has 1 atom stereocenters. The molecule has 4 fully saturated rings. The van der Waals surface area contributed by atoms with Gasteiger partial charge in [-0.05, 0) is 38.5 Å². The zero-order chi connectivity index (χ0) is 20.9. The summed E-state index contributed by atoms with van der Waals surface area (Å²) in [5, 5.41) is 3.07. The summed E-state index contributed by atoms with van der Waals surface area (Å²) in [6.45, 7) is 5.50. The van der Waals surface area contributed by atoms with Gasteiger partial charge in [0.15, 0.2) is 0 Å². The third kappa shape index (κ3) is 4.98. The van der Waals surface area contributed by atoms with Crippen LogP contribution in [0.15, 0.2) is 0 Å². The molecule has 0 aromatic carbocycles. The molecule has 3 amide bonds. The number of hydrogen-bond acceptors (Lipinski definition) is 4. The average molecular weight is 419 g/mol. The van der Waals surface area contributed by atoms with E-state index < -0.39 is 0 Å². The largest absolute Gasteiger partial charge is 0.353 e. The minimum Gasteiger partial charge on any atom is -0.353 e. The molecule has 2 heterocycles. The molecule has 7 heteroatoms. The van der Waals surface area contributed by atoms with Crippen molar-refractivity contribution in [2.75, 3.05) is 45.8 Å². The van der Waals surface area contributed by atoms with Crippen LogP contribution >= 0.6 is 0 Å². The van der Waals surface area contributed by atoms with Crippen LogP contribution in [0, 0.1) is 11.8 Å². The Kier molecular flexibility index (Phi) is 7.28. The van der Waals surface area contributed by atoms with E-state index in [-0.39, 0.29) is 29.7 Å². The maximum absolute atomic E-state index is 12.8. The number of amides is 3. The standard InChI is InChI=1S/C23H38N4O3/c28-21(20-10-5-12-27(20)23(30)19-8-3-4-9-19)24-11-13-25-14-16-26(17-15-25)22(29)18-6-1-2-7-18/h18-20H,1-17H2,(H,24,28). The average Bonchev–Trinajstić information content (AvgIpc) is 3.55. The SMILES string of the molecule is O=C(NCCN1CCN(C(=O)C2CCCC2)CC1)C1CCCN1C(=O)C1CCCC1. The zero-order valence-electron chi connectivity index (χ0n) is 18.3. The van der Waals surface area contributed by atoms with Crippen molar-refractivity contribution in [3.63, 3.8) is 0 Å². The molecule has 2 saturated heterocycles. The smallest absolute Gasteiger partial charge is 0.242 e. The fourth-order valence-corrected chi connectivity index (χ4v) is 5.79. The van der Waals surface area contributed by atoms with Gasteiger partial charge in [-0.25, -0.2) is 0 Å². The Balaban J connectivity index is 1.16. The quantitative estimate of drug-likeness (QED) is 0.711. The normalized spacial score (nSPS) is 26.5. The van der Waals surface area contributed by atoms with Crippen molar-refractivity contribution >= 4 is 17.7 Å². The van der Waals surface area contributed by atoms with Crippen molar-refractivity contribution in [1.29, 1.82) is 0 Å². The molecule has 4 rings (SSSR count). The lowest BCUT2D eigenvalue weighted by Gasteiger charge is -2.36. The number of rotatable bonds is 6. The molecule has 1 N–H and O–H groups in total. The summed E-state index contributed by atoms with van der Waals surface area (Å²) in [6.07, 6.45) is 10.5. The summed E-state index contributed by atoms with van der Waals surface area (Å²) in [5.41, 5.74) is 0. The van der Waals surface area contributed by atoms with Gasteiger partial charge in [0.1, 0.15) is 6.04 Å². The van der Waals surface area contributed by atoms with Crippen molar-refractivity contribution in [1.82, 2.24) is 20.0 Å². The molecule has 2 aliphatic carbocycles. The Morgan fingerprint density at radius 3 is 1.93 bits per heavy atom. The van der Waals surface area contributed by atoms with Crippen LogP contribution in [0.3, 0.4) is 0 Å². The molecule has 7 nitrogen and oxygen atoms in total. The number of carbonyl (C=O) groups excluding carboxylic acids is 3. The van der Waals surface area contributed by atoms with E-state index in [1.165, 1.54) is 12.8 Å². The summed E-state index contributed by atoms with van der Waals surface area (Å²) >= 11 is 0. The molecule has 0 aromatic heterocycles. The Morgan fingerprint density at radius 1 is 0.700 bits per heavy atom. The van der Waals surface area contributed by atoms with E-state index in [4.69, 9.17) is 0 Å². The molecular formula is C23H38N4O3. The number of nitrogens with one attached hydrogen (secondary N) is 1. The second-order valence-corrected chi connectivity index (χ2v) is 9.61. The topological polar surface area (TPSA) is 73.0 Å². The number of likely N-dealkylation sites (tertiary alicyclic amines) is 1. The highest BCUT2D eigenvalue weighted by Crippen LogP contribution is 2.30. The van der Waals surface area contributed by atoms with E-state index in [1.54, 1.807) is 0 Å². The van der Waals surface area contributed by atoms with Crippen LogP contribution in [0.1, 0.15) is 64.2 Å². The third-order valence-corrected chi connectivity index (χ3v) is 7.66. The number of piperazine rings is 1. The van der Waals surface area contributed by atoms with Gasteiger partial charge in [-0.2, -0.15) is 0 Å². The van der Waals surface area contributed by atoms with Gasteiger partial charge in [0.05, 0.1) is 0 Å². The predicted molar refractivity (Wildman–Crippen MR) is 115 cm³/mol. The fourth-order valence-electron chi connectivity index (χ4n) is 5.79. The van der Waals surface area contributed by atoms with Crippen molar-refractivity contribution in [2.24, 2.45) is 11.8 Å². The monoisotopic (exact) mass is 418 g/mol. The summed E-state index contributed by atoms with van der Waals surface area (Å²) in [7, 11) is 0. The number of nitrogens with zero attached hydrogens (tertiary/aromatic N) is 3. The Hall–Kier alpha value is -1.63. The first kappa shape index (κ1) is 21.6. The Bertz CT molecular complexity index is 620. The van der Waals surface area contributed by atoms with Crippen LogP contribution in [0.4, 0.5) is 0 Å². The summed E-state index contributed by atoms with van der Waals surface area (Å²) in [5.74, 6) is 0.967. The molecule has 0 bridgehead atoms. The van der Waals surface area contributed by atoms with E-state index in [0.29, 0.717) is 12.5 Å². The number of hydrogen-bond donors (Lipinski definition) is 1. The minimum atomic E-state index is -0.279. The van der Waals surface area contributed by atoms with Crippen molar-refractivity contribution in [2.45, 2.75) is 70.3 Å². The first-order valence-corrected chi connectivity index (χ1v) is 12.2. The van der Waals surface area contributed by atoms with Crippen molar-refractivity contribution < 1.29 is 14.4 Å². The van der Waals surface area contributed by atoms with Gasteiger partial charge >= 0.3 is 0 Å². The van der Waals surface area contributed by atoms with Crippen molar-refractivity contribution in [3.05, 3.63) is 0 Å². The molecule has 0 spiro atoms. The third-order valence-electron chi connectivity index (χ3n) is 7.66. The van der Waals surface area contributed by atoms with Crippen LogP contribution < -0.4 is 5.32 Å². The lowest BCUT2D eigenvalue weighted by molar-refractivity contribution is -0.141. The van der Waals surface area contributed by atoms with Crippen LogP contribution in [-0.4, -0.2) is 84.3 Å². The molecule has 4 aliphatic rings. The maximum atomic E-state index is 12.8. The lowest BCUT2D eigenvalue weighted by Crippen LogP contribution is -2.52. The Morgan fingerprint density at radius 2 is 1.30 bits per heavy atom. The van der Waals surface area contributed by atoms with E-state index in [9.17, 15) is 14.4 Å². The van der Waals surface area contributed by atoms with Gasteiger partial charge in [-0.1, -0.05) is 25.7 Å². The molecule has 2 aliphatic heterocycles. The lowest BCUT2D eigenvalue weighted by atomic mass is 10.1. The second-order valence-electron chi connectivity index (χ2n) is 9.61. The fraction of sp³-hybridized carbons (Fsp3) is 0.870. The molecule has 0 radical (unpaired) electrons. The maximum Gasteiger partial charge on any atom is 0.242 e. The van der Waals surface area contributed by atoms with Crippen LogP contribution in [-0.2, 0) is 14.4 Å². The van der Waals surface area contributed by atoms with E-state index in [2.05, 4.69) is 10.2 Å². The summed E-state index contributed by atoms with van der Waals surface area (Å²) < 4.78 is 0. The van der Waals surface area contributed by atoms with Crippen LogP contribution in [0.25, 0.3) is 0 Å². The first-order chi connectivity index (χ1) is 14.6. The van der Waals surface area contributed by atoms with Crippen LogP contribution in [0.5, 0.6) is 0 Å². The van der Waals surface area contributed by atoms with Gasteiger partial charge in [0.25, 0.3) is 0 Å². The van der Waals surface area contributed by atoms with E-state index in [1.807, 2.05) is 9.80 Å². The molecule has 1 unspecified atom stereocenters. The van der Waals surface area contributed by atoms with Gasteiger partial charge < -0.3 is 15.1 Å². The molecule has 2 saturated carbocycles. The highest BCUT2D eigenvalue weighted by molar-refractivity contribution is 5.89. The summed E-state index contributed by atoms with van der Waals surface area (Å²) in [6, 6.07) is -0.279.